The van der Waals surface area contributed by atoms with Crippen molar-refractivity contribution in [2.75, 3.05) is 28.6 Å². The summed E-state index contributed by atoms with van der Waals surface area (Å²) in [4.78, 5) is 1.98. The highest BCUT2D eigenvalue weighted by molar-refractivity contribution is 5.82. The lowest BCUT2D eigenvalue weighted by Crippen LogP contribution is -2.35. The van der Waals surface area contributed by atoms with Gasteiger partial charge in [-0.25, -0.2) is 0 Å². The molecule has 2 aliphatic heterocycles. The van der Waals surface area contributed by atoms with Gasteiger partial charge in [0.2, 0.25) is 6.35 Å². The third-order valence-corrected chi connectivity index (χ3v) is 3.82. The molecule has 0 aromatic heterocycles. The quantitative estimate of drug-likeness (QED) is 0.693. The molecule has 1 aromatic rings. The van der Waals surface area contributed by atoms with Gasteiger partial charge >= 0.3 is 0 Å². The number of anilines is 3. The predicted molar refractivity (Wildman–Crippen MR) is 70.6 cm³/mol. The van der Waals surface area contributed by atoms with E-state index in [0.717, 1.165) is 24.5 Å². The Morgan fingerprint density at radius 3 is 2.88 bits per heavy atom. The van der Waals surface area contributed by atoms with Crippen molar-refractivity contribution in [1.82, 2.24) is 0 Å². The van der Waals surface area contributed by atoms with Crippen molar-refractivity contribution in [2.24, 2.45) is 0 Å². The molecular formula is C13H19N3O. The second-order valence-electron chi connectivity index (χ2n) is 5.46. The van der Waals surface area contributed by atoms with Crippen LogP contribution < -0.4 is 15.5 Å². The summed E-state index contributed by atoms with van der Waals surface area (Å²) in [5.41, 5.74) is 4.81. The highest BCUT2D eigenvalue weighted by Gasteiger charge is 2.34. The Labute approximate surface area is 102 Å². The summed E-state index contributed by atoms with van der Waals surface area (Å²) < 4.78 is 0. The summed E-state index contributed by atoms with van der Waals surface area (Å²) >= 11 is 0. The van der Waals surface area contributed by atoms with Crippen LogP contribution in [0, 0.1) is 0 Å². The van der Waals surface area contributed by atoms with Crippen LogP contribution in [0.5, 0.6) is 0 Å². The van der Waals surface area contributed by atoms with E-state index >= 15 is 0 Å². The van der Waals surface area contributed by atoms with Crippen LogP contribution in [0.4, 0.5) is 17.1 Å². The maximum atomic E-state index is 9.91. The minimum atomic E-state index is -0.597. The molecule has 0 amide bonds. The molecule has 0 spiro atoms. The molecule has 0 fully saturated rings. The number of hydrogen-bond donors (Lipinski definition) is 3. The zero-order valence-corrected chi connectivity index (χ0v) is 10.5. The molecule has 2 aliphatic rings. The fourth-order valence-electron chi connectivity index (χ4n) is 2.75. The van der Waals surface area contributed by atoms with Crippen LogP contribution in [0.15, 0.2) is 12.1 Å². The Morgan fingerprint density at radius 1 is 1.41 bits per heavy atom. The Bertz CT molecular complexity index is 470. The Kier molecular flexibility index (Phi) is 2.08. The van der Waals surface area contributed by atoms with Crippen molar-refractivity contribution in [3.05, 3.63) is 17.7 Å². The van der Waals surface area contributed by atoms with Crippen molar-refractivity contribution in [2.45, 2.75) is 32.5 Å². The van der Waals surface area contributed by atoms with E-state index in [9.17, 15) is 5.11 Å². The monoisotopic (exact) mass is 233 g/mol. The summed E-state index contributed by atoms with van der Waals surface area (Å²) in [6.07, 6.45) is -0.597. The highest BCUT2D eigenvalue weighted by atomic mass is 16.3. The van der Waals surface area contributed by atoms with Gasteiger partial charge in [0.25, 0.3) is 0 Å². The van der Waals surface area contributed by atoms with Gasteiger partial charge in [-0.05, 0) is 24.6 Å². The molecule has 1 aromatic carbocycles. The van der Waals surface area contributed by atoms with Crippen molar-refractivity contribution >= 4 is 17.1 Å². The van der Waals surface area contributed by atoms with Crippen LogP contribution in [0.1, 0.15) is 26.3 Å². The van der Waals surface area contributed by atoms with E-state index in [2.05, 4.69) is 43.5 Å². The molecule has 0 bridgehead atoms. The normalized spacial score (nSPS) is 24.0. The van der Waals surface area contributed by atoms with E-state index < -0.39 is 6.35 Å². The molecule has 0 saturated heterocycles. The van der Waals surface area contributed by atoms with Gasteiger partial charge in [0.15, 0.2) is 0 Å². The van der Waals surface area contributed by atoms with Crippen molar-refractivity contribution in [3.8, 4) is 0 Å². The molecule has 17 heavy (non-hydrogen) atoms. The summed E-state index contributed by atoms with van der Waals surface area (Å²) in [6, 6.07) is 4.32. The molecule has 0 saturated carbocycles. The van der Waals surface area contributed by atoms with Gasteiger partial charge in [0, 0.05) is 24.2 Å². The van der Waals surface area contributed by atoms with Crippen molar-refractivity contribution in [1.29, 1.82) is 0 Å². The first kappa shape index (κ1) is 10.7. The SMILES string of the molecule is CCN1c2cc3c(cc2NC1O)NCC3(C)C. The number of nitrogens with one attached hydrogen (secondary N) is 2. The van der Waals surface area contributed by atoms with Crippen molar-refractivity contribution < 1.29 is 5.11 Å². The zero-order valence-electron chi connectivity index (χ0n) is 10.5. The van der Waals surface area contributed by atoms with Gasteiger partial charge < -0.3 is 20.6 Å². The van der Waals surface area contributed by atoms with Gasteiger partial charge in [0.05, 0.1) is 11.4 Å². The van der Waals surface area contributed by atoms with E-state index in [1.54, 1.807) is 0 Å². The van der Waals surface area contributed by atoms with Crippen LogP contribution in [0.25, 0.3) is 0 Å². The summed E-state index contributed by atoms with van der Waals surface area (Å²) in [5.74, 6) is 0. The molecular weight excluding hydrogens is 214 g/mol. The number of hydrogen-bond acceptors (Lipinski definition) is 4. The van der Waals surface area contributed by atoms with Gasteiger partial charge in [-0.1, -0.05) is 13.8 Å². The molecule has 3 N–H and O–H groups in total. The van der Waals surface area contributed by atoms with Crippen LogP contribution in [-0.4, -0.2) is 24.5 Å². The lowest BCUT2D eigenvalue weighted by molar-refractivity contribution is 0.205. The van der Waals surface area contributed by atoms with Crippen molar-refractivity contribution in [3.63, 3.8) is 0 Å². The third-order valence-electron chi connectivity index (χ3n) is 3.82. The fourth-order valence-corrected chi connectivity index (χ4v) is 2.75. The molecule has 0 radical (unpaired) electrons. The van der Waals surface area contributed by atoms with E-state index in [4.69, 9.17) is 0 Å². The molecule has 0 aliphatic carbocycles. The van der Waals surface area contributed by atoms with Gasteiger partial charge in [-0.15, -0.1) is 0 Å². The smallest absolute Gasteiger partial charge is 0.205 e. The molecule has 1 unspecified atom stereocenters. The number of benzene rings is 1. The molecule has 92 valence electrons. The molecule has 3 rings (SSSR count). The second-order valence-corrected chi connectivity index (χ2v) is 5.46. The van der Waals surface area contributed by atoms with E-state index in [1.165, 1.54) is 11.3 Å². The first-order valence-corrected chi connectivity index (χ1v) is 6.16. The highest BCUT2D eigenvalue weighted by Crippen LogP contribution is 2.44. The van der Waals surface area contributed by atoms with Crippen LogP contribution >= 0.6 is 0 Å². The summed E-state index contributed by atoms with van der Waals surface area (Å²) in [6.45, 7) is 8.31. The Morgan fingerprint density at radius 2 is 2.18 bits per heavy atom. The fraction of sp³-hybridized carbons (Fsp3) is 0.538. The van der Waals surface area contributed by atoms with Crippen LogP contribution in [0.3, 0.4) is 0 Å². The predicted octanol–water partition coefficient (Wildman–Crippen LogP) is 1.92. The first-order valence-electron chi connectivity index (χ1n) is 6.16. The van der Waals surface area contributed by atoms with Crippen LogP contribution in [-0.2, 0) is 5.41 Å². The topological polar surface area (TPSA) is 47.5 Å². The Balaban J connectivity index is 2.12. The van der Waals surface area contributed by atoms with E-state index in [-0.39, 0.29) is 5.41 Å². The number of aliphatic hydroxyl groups is 1. The average Bonchev–Trinajstić information content (AvgIpc) is 2.73. The number of nitrogens with zero attached hydrogens (tertiary/aromatic N) is 1. The van der Waals surface area contributed by atoms with Gasteiger partial charge in [-0.2, -0.15) is 0 Å². The lowest BCUT2D eigenvalue weighted by atomic mass is 9.86. The maximum absolute atomic E-state index is 9.91. The third kappa shape index (κ3) is 1.40. The van der Waals surface area contributed by atoms with E-state index in [1.807, 2.05) is 4.90 Å². The number of aliphatic hydroxyl groups excluding tert-OH is 1. The summed E-state index contributed by atoms with van der Waals surface area (Å²) in [5, 5.41) is 16.4. The second kappa shape index (κ2) is 3.29. The largest absolute Gasteiger partial charge is 0.384 e. The minimum absolute atomic E-state index is 0.164. The van der Waals surface area contributed by atoms with Gasteiger partial charge in [0.1, 0.15) is 0 Å². The maximum Gasteiger partial charge on any atom is 0.205 e. The van der Waals surface area contributed by atoms with Gasteiger partial charge in [-0.3, -0.25) is 0 Å². The summed E-state index contributed by atoms with van der Waals surface area (Å²) in [7, 11) is 0. The number of fused-ring (bicyclic) bond motifs is 2. The molecule has 4 heteroatoms. The standard InChI is InChI=1S/C13H19N3O/c1-4-16-11-5-8-9(14-7-13(8,2)3)6-10(11)15-12(16)17/h5-6,12,14-15,17H,4,7H2,1-3H3. The van der Waals surface area contributed by atoms with E-state index in [0.29, 0.717) is 0 Å². The molecule has 4 nitrogen and oxygen atoms in total. The average molecular weight is 233 g/mol. The minimum Gasteiger partial charge on any atom is -0.384 e. The Hall–Kier alpha value is -1.42. The van der Waals surface area contributed by atoms with Crippen LogP contribution in [0.2, 0.25) is 0 Å². The first-order chi connectivity index (χ1) is 8.03. The zero-order chi connectivity index (χ0) is 12.2. The number of rotatable bonds is 1. The lowest BCUT2D eigenvalue weighted by Gasteiger charge is -2.22. The molecule has 2 heterocycles. The molecule has 1 atom stereocenters.